The number of hydrogen-bond acceptors (Lipinski definition) is 3. The third kappa shape index (κ3) is 2.50. The molecule has 0 saturated carbocycles. The third-order valence-electron chi connectivity index (χ3n) is 3.37. The van der Waals surface area contributed by atoms with Gasteiger partial charge in [0, 0.05) is 0 Å². The van der Waals surface area contributed by atoms with Gasteiger partial charge < -0.3 is 0 Å². The summed E-state index contributed by atoms with van der Waals surface area (Å²) >= 11 is 1.29. The molecule has 3 nitrogen and oxygen atoms in total. The molecule has 4 heteroatoms. The number of imide groups is 1. The van der Waals surface area contributed by atoms with E-state index in [1.165, 1.54) is 11.8 Å². The topological polar surface area (TPSA) is 46.2 Å². The fourth-order valence-electron chi connectivity index (χ4n) is 2.36. The van der Waals surface area contributed by atoms with Crippen molar-refractivity contribution in [3.8, 4) is 11.1 Å². The van der Waals surface area contributed by atoms with Crippen molar-refractivity contribution >= 4 is 29.1 Å². The molecule has 1 heterocycles. The molecule has 0 atom stereocenters. The van der Waals surface area contributed by atoms with Crippen molar-refractivity contribution < 1.29 is 9.59 Å². The Hall–Kier alpha value is -2.33. The van der Waals surface area contributed by atoms with Crippen LogP contribution in [0.4, 0.5) is 0 Å². The molecule has 1 aliphatic heterocycles. The van der Waals surface area contributed by atoms with Crippen LogP contribution >= 0.6 is 11.8 Å². The molecular weight excluding hydrogens is 282 g/mol. The number of carbonyl (C=O) groups is 2. The Bertz CT molecular complexity index is 733. The van der Waals surface area contributed by atoms with Crippen LogP contribution in [-0.2, 0) is 9.59 Å². The van der Waals surface area contributed by atoms with Crippen LogP contribution in [0.1, 0.15) is 5.56 Å². The fraction of sp³-hybridized carbons (Fsp3) is 0.0588. The van der Waals surface area contributed by atoms with Crippen molar-refractivity contribution in [3.63, 3.8) is 0 Å². The Kier molecular flexibility index (Phi) is 3.62. The first-order valence-electron chi connectivity index (χ1n) is 6.50. The molecule has 2 aromatic carbocycles. The summed E-state index contributed by atoms with van der Waals surface area (Å²) in [5, 5.41) is 2.34. The summed E-state index contributed by atoms with van der Waals surface area (Å²) in [4.78, 5) is 24.1. The normalized spacial score (nSPS) is 14.5. The molecule has 0 saturated heterocycles. The Morgan fingerprint density at radius 3 is 1.95 bits per heavy atom. The number of hydrogen-bond donors (Lipinski definition) is 1. The largest absolute Gasteiger partial charge is 0.288 e. The lowest BCUT2D eigenvalue weighted by molar-refractivity contribution is -0.123. The maximum Gasteiger partial charge on any atom is 0.265 e. The van der Waals surface area contributed by atoms with Crippen LogP contribution in [0.3, 0.4) is 0 Å². The Morgan fingerprint density at radius 2 is 1.33 bits per heavy atom. The van der Waals surface area contributed by atoms with Crippen molar-refractivity contribution in [2.75, 3.05) is 6.26 Å². The lowest BCUT2D eigenvalue weighted by Crippen LogP contribution is -2.22. The SMILES string of the molecule is CSC1=C(c2ccc(-c3ccccc3)cc2)C(=O)NC1=O. The molecule has 1 aliphatic rings. The van der Waals surface area contributed by atoms with Crippen LogP contribution in [-0.4, -0.2) is 18.1 Å². The van der Waals surface area contributed by atoms with Gasteiger partial charge in [0.2, 0.25) is 0 Å². The summed E-state index contributed by atoms with van der Waals surface area (Å²) in [6.07, 6.45) is 1.80. The van der Waals surface area contributed by atoms with E-state index in [0.29, 0.717) is 10.5 Å². The standard InChI is InChI=1S/C17H13NO2S/c1-21-15-14(16(19)18-17(15)20)13-9-7-12(8-10-13)11-5-3-2-4-6-11/h2-10H,1H3,(H,18,19,20). The van der Waals surface area contributed by atoms with Crippen LogP contribution in [0.5, 0.6) is 0 Å². The van der Waals surface area contributed by atoms with Gasteiger partial charge in [-0.2, -0.15) is 0 Å². The quantitative estimate of drug-likeness (QED) is 0.885. The first kappa shape index (κ1) is 13.6. The maximum absolute atomic E-state index is 11.9. The predicted molar refractivity (Wildman–Crippen MR) is 85.5 cm³/mol. The number of benzene rings is 2. The van der Waals surface area contributed by atoms with Gasteiger partial charge in [0.15, 0.2) is 0 Å². The Morgan fingerprint density at radius 1 is 0.762 bits per heavy atom. The van der Waals surface area contributed by atoms with E-state index in [1.807, 2.05) is 54.6 Å². The van der Waals surface area contributed by atoms with Crippen LogP contribution in [0.25, 0.3) is 16.7 Å². The van der Waals surface area contributed by atoms with Crippen molar-refractivity contribution in [2.24, 2.45) is 0 Å². The average Bonchev–Trinajstić information content (AvgIpc) is 2.82. The zero-order chi connectivity index (χ0) is 14.8. The second kappa shape index (κ2) is 5.58. The van der Waals surface area contributed by atoms with Gasteiger partial charge in [-0.15, -0.1) is 11.8 Å². The Labute approximate surface area is 127 Å². The van der Waals surface area contributed by atoms with Gasteiger partial charge in [0.05, 0.1) is 10.5 Å². The summed E-state index contributed by atoms with van der Waals surface area (Å²) in [6, 6.07) is 17.7. The summed E-state index contributed by atoms with van der Waals surface area (Å²) in [5.74, 6) is -0.633. The van der Waals surface area contributed by atoms with Gasteiger partial charge in [0.1, 0.15) is 0 Å². The summed E-state index contributed by atoms with van der Waals surface area (Å²) in [7, 11) is 0. The lowest BCUT2D eigenvalue weighted by Gasteiger charge is -2.05. The van der Waals surface area contributed by atoms with E-state index in [4.69, 9.17) is 0 Å². The molecule has 2 amide bonds. The van der Waals surface area contributed by atoms with Crippen molar-refractivity contribution in [1.82, 2.24) is 5.32 Å². The zero-order valence-electron chi connectivity index (χ0n) is 11.4. The molecule has 0 fully saturated rings. The van der Waals surface area contributed by atoms with Gasteiger partial charge in [-0.1, -0.05) is 54.6 Å². The van der Waals surface area contributed by atoms with Crippen molar-refractivity contribution in [2.45, 2.75) is 0 Å². The first-order chi connectivity index (χ1) is 10.2. The molecule has 21 heavy (non-hydrogen) atoms. The van der Waals surface area contributed by atoms with Crippen LogP contribution in [0, 0.1) is 0 Å². The number of amides is 2. The van der Waals surface area contributed by atoms with Crippen LogP contribution in [0.15, 0.2) is 59.5 Å². The molecule has 0 spiro atoms. The molecule has 0 aliphatic carbocycles. The molecule has 0 unspecified atom stereocenters. The highest BCUT2D eigenvalue weighted by molar-refractivity contribution is 8.03. The first-order valence-corrected chi connectivity index (χ1v) is 7.73. The van der Waals surface area contributed by atoms with E-state index in [1.54, 1.807) is 6.26 Å². The van der Waals surface area contributed by atoms with Gasteiger partial charge in [-0.3, -0.25) is 14.9 Å². The second-order valence-electron chi connectivity index (χ2n) is 4.63. The minimum absolute atomic E-state index is 0.311. The Balaban J connectivity index is 2.00. The zero-order valence-corrected chi connectivity index (χ0v) is 12.2. The molecule has 0 aromatic heterocycles. The summed E-state index contributed by atoms with van der Waals surface area (Å²) < 4.78 is 0. The molecule has 104 valence electrons. The van der Waals surface area contributed by atoms with E-state index < -0.39 is 0 Å². The maximum atomic E-state index is 11.9. The van der Waals surface area contributed by atoms with E-state index in [2.05, 4.69) is 5.32 Å². The predicted octanol–water partition coefficient (Wildman–Crippen LogP) is 3.08. The number of rotatable bonds is 3. The van der Waals surface area contributed by atoms with Crippen LogP contribution in [0.2, 0.25) is 0 Å². The number of nitrogens with one attached hydrogen (secondary N) is 1. The molecular formula is C17H13NO2S. The third-order valence-corrected chi connectivity index (χ3v) is 4.17. The molecule has 0 radical (unpaired) electrons. The van der Waals surface area contributed by atoms with Crippen molar-refractivity contribution in [1.29, 1.82) is 0 Å². The number of thioether (sulfide) groups is 1. The van der Waals surface area contributed by atoms with Gasteiger partial charge in [-0.25, -0.2) is 0 Å². The lowest BCUT2D eigenvalue weighted by atomic mass is 10.0. The van der Waals surface area contributed by atoms with Crippen LogP contribution < -0.4 is 5.32 Å². The second-order valence-corrected chi connectivity index (χ2v) is 5.45. The highest BCUT2D eigenvalue weighted by Gasteiger charge is 2.30. The molecule has 0 bridgehead atoms. The minimum Gasteiger partial charge on any atom is -0.288 e. The number of carbonyl (C=O) groups excluding carboxylic acids is 2. The highest BCUT2D eigenvalue weighted by Crippen LogP contribution is 2.31. The van der Waals surface area contributed by atoms with Gasteiger partial charge in [-0.05, 0) is 22.9 Å². The molecule has 3 rings (SSSR count). The smallest absolute Gasteiger partial charge is 0.265 e. The fourth-order valence-corrected chi connectivity index (χ4v) is 3.01. The van der Waals surface area contributed by atoms with E-state index in [0.717, 1.165) is 16.7 Å². The minimum atomic E-state index is -0.322. The van der Waals surface area contributed by atoms with E-state index >= 15 is 0 Å². The molecule has 2 aromatic rings. The highest BCUT2D eigenvalue weighted by atomic mass is 32.2. The monoisotopic (exact) mass is 295 g/mol. The van der Waals surface area contributed by atoms with Gasteiger partial charge >= 0.3 is 0 Å². The van der Waals surface area contributed by atoms with Crippen molar-refractivity contribution in [3.05, 3.63) is 65.1 Å². The average molecular weight is 295 g/mol. The van der Waals surface area contributed by atoms with Gasteiger partial charge in [0.25, 0.3) is 11.8 Å². The summed E-state index contributed by atoms with van der Waals surface area (Å²) in [6.45, 7) is 0. The molecule has 1 N–H and O–H groups in total. The van der Waals surface area contributed by atoms with E-state index in [9.17, 15) is 9.59 Å². The summed E-state index contributed by atoms with van der Waals surface area (Å²) in [5.41, 5.74) is 3.43. The van der Waals surface area contributed by atoms with E-state index in [-0.39, 0.29) is 11.8 Å².